The van der Waals surface area contributed by atoms with E-state index in [0.717, 1.165) is 42.2 Å². The number of aliphatic imine (C=N–C) groups is 1. The molecule has 1 aromatic heterocycles. The summed E-state index contributed by atoms with van der Waals surface area (Å²) in [4.78, 5) is 39.3. The topological polar surface area (TPSA) is 157 Å². The van der Waals surface area contributed by atoms with Gasteiger partial charge in [0.1, 0.15) is 12.4 Å². The molecule has 1 aliphatic carbocycles. The number of hydrogen-bond acceptors (Lipinski definition) is 11. The average Bonchev–Trinajstić information content (AvgIpc) is 3.74. The summed E-state index contributed by atoms with van der Waals surface area (Å²) in [5.74, 6) is 0.178. The minimum atomic E-state index is -4.05. The van der Waals surface area contributed by atoms with Crippen LogP contribution in [0.25, 0.3) is 0 Å². The van der Waals surface area contributed by atoms with Gasteiger partial charge < -0.3 is 25.4 Å². The number of aliphatic hydroxyl groups excluding tert-OH is 1. The Morgan fingerprint density at radius 3 is 2.55 bits per heavy atom. The maximum Gasteiger partial charge on any atom is 0.407 e. The summed E-state index contributed by atoms with van der Waals surface area (Å²) in [6, 6.07) is 8.51. The van der Waals surface area contributed by atoms with Gasteiger partial charge in [0.2, 0.25) is 15.9 Å². The van der Waals surface area contributed by atoms with Gasteiger partial charge in [-0.15, -0.1) is 11.3 Å². The SMILES string of the molecule is CC(C)CN(CC(O)C(Cc1ccccc1)NC(=O)OCc1cncs1)S(=O)(=O)C1=CC=C2C=C(NC(=O)CN3CCN(C)CC3)N=C2C1. The lowest BCUT2D eigenvalue weighted by molar-refractivity contribution is -0.121. The number of carbonyl (C=O) groups excluding carboxylic acids is 2. The molecular weight excluding hydrogens is 667 g/mol. The first kappa shape index (κ1) is 36.5. The highest BCUT2D eigenvalue weighted by atomic mass is 32.2. The van der Waals surface area contributed by atoms with Crippen LogP contribution in [0.2, 0.25) is 0 Å². The minimum Gasteiger partial charge on any atom is -0.444 e. The van der Waals surface area contributed by atoms with Crippen LogP contribution in [0.4, 0.5) is 4.79 Å². The number of nitrogens with zero attached hydrogens (tertiary/aromatic N) is 5. The molecular formula is C34H45N7O6S2. The second-order valence-electron chi connectivity index (χ2n) is 12.9. The summed E-state index contributed by atoms with van der Waals surface area (Å²) in [6.45, 7) is 7.45. The molecule has 15 heteroatoms. The number of carbonyl (C=O) groups is 2. The van der Waals surface area contributed by atoms with Crippen LogP contribution < -0.4 is 10.6 Å². The summed E-state index contributed by atoms with van der Waals surface area (Å²) in [5, 5.41) is 17.1. The molecule has 1 aromatic carbocycles. The summed E-state index contributed by atoms with van der Waals surface area (Å²) in [5.41, 5.74) is 3.80. The Bertz CT molecular complexity index is 1680. The maximum absolute atomic E-state index is 14.1. The Morgan fingerprint density at radius 1 is 1.10 bits per heavy atom. The number of nitrogens with one attached hydrogen (secondary N) is 2. The molecule has 3 aliphatic rings. The molecule has 0 saturated carbocycles. The van der Waals surface area contributed by atoms with E-state index in [-0.39, 0.29) is 55.8 Å². The van der Waals surface area contributed by atoms with Crippen LogP contribution in [0.5, 0.6) is 0 Å². The number of amides is 2. The Hall–Kier alpha value is -3.73. The van der Waals surface area contributed by atoms with Crippen LogP contribution in [0.3, 0.4) is 0 Å². The molecule has 2 aromatic rings. The lowest BCUT2D eigenvalue weighted by atomic mass is 10.0. The van der Waals surface area contributed by atoms with Crippen molar-refractivity contribution in [2.45, 2.75) is 45.4 Å². The van der Waals surface area contributed by atoms with Crippen molar-refractivity contribution in [2.24, 2.45) is 10.9 Å². The minimum absolute atomic E-state index is 0.0303. The Labute approximate surface area is 292 Å². The van der Waals surface area contributed by atoms with Gasteiger partial charge >= 0.3 is 6.09 Å². The first-order valence-corrected chi connectivity index (χ1v) is 18.7. The first-order valence-electron chi connectivity index (χ1n) is 16.4. The molecule has 3 heterocycles. The quantitative estimate of drug-likeness (QED) is 0.253. The monoisotopic (exact) mass is 711 g/mol. The van der Waals surface area contributed by atoms with E-state index >= 15 is 0 Å². The van der Waals surface area contributed by atoms with Crippen molar-refractivity contribution in [3.63, 3.8) is 0 Å². The number of likely N-dealkylation sites (N-methyl/N-ethyl adjacent to an activating group) is 1. The molecule has 264 valence electrons. The van der Waals surface area contributed by atoms with Crippen molar-refractivity contribution in [1.82, 2.24) is 29.7 Å². The zero-order valence-electron chi connectivity index (χ0n) is 28.1. The third-order valence-corrected chi connectivity index (χ3v) is 11.1. The van der Waals surface area contributed by atoms with E-state index < -0.39 is 28.3 Å². The first-order chi connectivity index (χ1) is 23.5. The van der Waals surface area contributed by atoms with Crippen LogP contribution in [-0.4, -0.2) is 115 Å². The number of ether oxygens (including phenoxy) is 1. The van der Waals surface area contributed by atoms with Crippen LogP contribution in [0.15, 0.2) is 81.6 Å². The number of allylic oxidation sites excluding steroid dienone is 5. The molecule has 1 fully saturated rings. The molecule has 0 radical (unpaired) electrons. The molecule has 3 N–H and O–H groups in total. The van der Waals surface area contributed by atoms with Crippen LogP contribution in [0.1, 0.15) is 30.7 Å². The summed E-state index contributed by atoms with van der Waals surface area (Å²) in [6.07, 6.45) is 4.94. The standard InChI is InChI=1S/C34H45N7O6S2/c1-24(2)19-41(20-31(42)30(15-25-7-5-4-6-8-25)37-34(44)47-22-27-18-35-23-48-27)49(45,46)28-10-9-26-16-32(36-29(26)17-28)38-33(43)21-40-13-11-39(3)12-14-40/h4-10,16,18,23-24,30-31,42H,11-15,17,19-22H2,1-3H3,(H,37,44)(H,38,43). The zero-order valence-corrected chi connectivity index (χ0v) is 29.8. The van der Waals surface area contributed by atoms with E-state index in [2.05, 4.69) is 37.5 Å². The van der Waals surface area contributed by atoms with E-state index in [0.29, 0.717) is 11.5 Å². The predicted octanol–water partition coefficient (Wildman–Crippen LogP) is 2.50. The Balaban J connectivity index is 1.25. The van der Waals surface area contributed by atoms with Gasteiger partial charge in [-0.05, 0) is 37.1 Å². The average molecular weight is 712 g/mol. The van der Waals surface area contributed by atoms with E-state index in [1.54, 1.807) is 29.9 Å². The second-order valence-corrected chi connectivity index (χ2v) is 15.9. The fourth-order valence-corrected chi connectivity index (χ4v) is 8.01. The molecule has 2 amide bonds. The molecule has 2 aliphatic heterocycles. The van der Waals surface area contributed by atoms with Crippen molar-refractivity contribution in [3.05, 3.63) is 87.0 Å². The van der Waals surface area contributed by atoms with Crippen molar-refractivity contribution in [1.29, 1.82) is 0 Å². The van der Waals surface area contributed by atoms with Gasteiger partial charge in [-0.1, -0.05) is 50.3 Å². The molecule has 2 unspecified atom stereocenters. The van der Waals surface area contributed by atoms with Gasteiger partial charge in [-0.2, -0.15) is 4.31 Å². The number of alkyl carbamates (subject to hydrolysis) is 1. The number of piperazine rings is 1. The Morgan fingerprint density at radius 2 is 1.86 bits per heavy atom. The van der Waals surface area contributed by atoms with Gasteiger partial charge in [0.15, 0.2) is 0 Å². The number of thiazole rings is 1. The lowest BCUT2D eigenvalue weighted by Gasteiger charge is -2.31. The summed E-state index contributed by atoms with van der Waals surface area (Å²) in [7, 11) is -1.99. The number of aromatic nitrogens is 1. The van der Waals surface area contributed by atoms with Gasteiger partial charge in [-0.25, -0.2) is 18.2 Å². The van der Waals surface area contributed by atoms with Gasteiger partial charge in [0.05, 0.1) is 39.7 Å². The van der Waals surface area contributed by atoms with Crippen LogP contribution in [-0.2, 0) is 32.6 Å². The molecule has 0 bridgehead atoms. The highest BCUT2D eigenvalue weighted by Gasteiger charge is 2.35. The summed E-state index contributed by atoms with van der Waals surface area (Å²) < 4.78 is 34.9. The van der Waals surface area contributed by atoms with E-state index in [4.69, 9.17) is 4.74 Å². The molecule has 49 heavy (non-hydrogen) atoms. The highest BCUT2D eigenvalue weighted by Crippen LogP contribution is 2.29. The largest absolute Gasteiger partial charge is 0.444 e. The fourth-order valence-electron chi connectivity index (χ4n) is 5.77. The van der Waals surface area contributed by atoms with Crippen molar-refractivity contribution >= 4 is 39.1 Å². The predicted molar refractivity (Wildman–Crippen MR) is 189 cm³/mol. The normalized spacial score (nSPS) is 18.2. The molecule has 13 nitrogen and oxygen atoms in total. The Kier molecular flexibility index (Phi) is 12.5. The third-order valence-electron chi connectivity index (χ3n) is 8.43. The molecule has 0 spiro atoms. The molecule has 1 saturated heterocycles. The number of sulfonamides is 1. The van der Waals surface area contributed by atoms with Crippen LogP contribution in [0, 0.1) is 5.92 Å². The van der Waals surface area contributed by atoms with Crippen molar-refractivity contribution < 1.29 is 27.9 Å². The number of aliphatic hydroxyl groups is 1. The van der Waals surface area contributed by atoms with Gasteiger partial charge in [0.25, 0.3) is 0 Å². The van der Waals surface area contributed by atoms with Crippen molar-refractivity contribution in [2.75, 3.05) is 52.9 Å². The number of fused-ring (bicyclic) bond motifs is 1. The summed E-state index contributed by atoms with van der Waals surface area (Å²) >= 11 is 1.36. The second kappa shape index (κ2) is 16.8. The van der Waals surface area contributed by atoms with E-state index in [1.807, 2.05) is 44.2 Å². The highest BCUT2D eigenvalue weighted by molar-refractivity contribution is 7.93. The van der Waals surface area contributed by atoms with Gasteiger partial charge in [-0.3, -0.25) is 14.7 Å². The van der Waals surface area contributed by atoms with E-state index in [1.165, 1.54) is 15.6 Å². The third kappa shape index (κ3) is 10.4. The fraction of sp³-hybridized carbons (Fsp3) is 0.471. The number of rotatable bonds is 15. The number of benzene rings is 1. The molecule has 2 atom stereocenters. The number of hydrogen-bond donors (Lipinski definition) is 3. The van der Waals surface area contributed by atoms with Crippen LogP contribution >= 0.6 is 11.3 Å². The van der Waals surface area contributed by atoms with Crippen molar-refractivity contribution in [3.8, 4) is 0 Å². The zero-order chi connectivity index (χ0) is 35.0. The molecule has 5 rings (SSSR count). The lowest BCUT2D eigenvalue weighted by Crippen LogP contribution is -2.51. The van der Waals surface area contributed by atoms with E-state index in [9.17, 15) is 23.1 Å². The van der Waals surface area contributed by atoms with Gasteiger partial charge in [0, 0.05) is 57.5 Å². The smallest absolute Gasteiger partial charge is 0.407 e. The maximum atomic E-state index is 14.1.